The maximum atomic E-state index is 12.7. The van der Waals surface area contributed by atoms with Gasteiger partial charge in [-0.25, -0.2) is 4.98 Å². The maximum Gasteiger partial charge on any atom is 0.267 e. The summed E-state index contributed by atoms with van der Waals surface area (Å²) in [6, 6.07) is 18.2. The Labute approximate surface area is 213 Å². The van der Waals surface area contributed by atoms with Crippen molar-refractivity contribution in [2.45, 2.75) is 12.8 Å². The number of aromatic nitrogens is 2. The second kappa shape index (κ2) is 10.0. The largest absolute Gasteiger partial charge is 0.457 e. The molecule has 1 aliphatic heterocycles. The molecule has 4 aromatic rings. The van der Waals surface area contributed by atoms with Gasteiger partial charge in [0.2, 0.25) is 5.91 Å². The number of pyridine rings is 1. The highest BCUT2D eigenvalue weighted by molar-refractivity contribution is 6.39. The van der Waals surface area contributed by atoms with Gasteiger partial charge in [-0.3, -0.25) is 9.59 Å². The lowest BCUT2D eigenvalue weighted by molar-refractivity contribution is -0.121. The summed E-state index contributed by atoms with van der Waals surface area (Å²) in [5, 5.41) is 3.80. The summed E-state index contributed by atoms with van der Waals surface area (Å²) in [6.07, 6.45) is 3.24. The Bertz CT molecular complexity index is 1430. The van der Waals surface area contributed by atoms with Crippen molar-refractivity contribution in [3.05, 3.63) is 77.6 Å². The lowest BCUT2D eigenvalue weighted by Gasteiger charge is -2.27. The molecule has 0 aliphatic carbocycles. The van der Waals surface area contributed by atoms with Crippen LogP contribution in [-0.2, 0) is 4.79 Å². The van der Waals surface area contributed by atoms with E-state index < -0.39 is 5.91 Å². The molecule has 2 aromatic carbocycles. The first-order chi connectivity index (χ1) is 17.4. The molecule has 2 aromatic heterocycles. The lowest BCUT2D eigenvalue weighted by atomic mass is 9.96. The first-order valence-corrected chi connectivity index (χ1v) is 12.1. The van der Waals surface area contributed by atoms with Gasteiger partial charge in [0.15, 0.2) is 0 Å². The highest BCUT2D eigenvalue weighted by atomic mass is 35.5. The van der Waals surface area contributed by atoms with Gasteiger partial charge in [-0.05, 0) is 69.4 Å². The van der Waals surface area contributed by atoms with Gasteiger partial charge in [-0.15, -0.1) is 0 Å². The number of anilines is 1. The Kier molecular flexibility index (Phi) is 6.63. The summed E-state index contributed by atoms with van der Waals surface area (Å²) >= 11 is 6.61. The fourth-order valence-electron chi connectivity index (χ4n) is 4.54. The number of ether oxygens (including phenoxy) is 1. The van der Waals surface area contributed by atoms with Gasteiger partial charge in [0.05, 0.1) is 10.5 Å². The van der Waals surface area contributed by atoms with E-state index in [-0.39, 0.29) is 22.5 Å². The molecule has 1 saturated heterocycles. The molecule has 36 heavy (non-hydrogen) atoms. The van der Waals surface area contributed by atoms with Gasteiger partial charge < -0.3 is 25.3 Å². The summed E-state index contributed by atoms with van der Waals surface area (Å²) in [5.41, 5.74) is 7.39. The standard InChI is InChI=1S/C27H26ClN5O3/c1-32-13-10-17(11-14-32)27(35)31-23-16-20(9-12-30-23)36-19-7-8-22-21(15-19)24(28)25(26(29)34)33(22)18-5-3-2-4-6-18/h2-9,12,15-17H,10-11,13-14H2,1H3,(H2,29,34)(H,30,31,35). The number of rotatable bonds is 6. The molecule has 0 saturated carbocycles. The number of benzene rings is 2. The number of nitrogens with one attached hydrogen (secondary N) is 1. The molecular weight excluding hydrogens is 478 g/mol. The summed E-state index contributed by atoms with van der Waals surface area (Å²) in [6.45, 7) is 1.81. The lowest BCUT2D eigenvalue weighted by Crippen LogP contribution is -2.36. The number of nitrogens with zero attached hydrogens (tertiary/aromatic N) is 3. The first kappa shape index (κ1) is 23.8. The van der Waals surface area contributed by atoms with Crippen molar-refractivity contribution in [2.24, 2.45) is 11.7 Å². The number of hydrogen-bond acceptors (Lipinski definition) is 5. The van der Waals surface area contributed by atoms with Gasteiger partial charge in [0, 0.05) is 29.3 Å². The maximum absolute atomic E-state index is 12.7. The fraction of sp³-hybridized carbons (Fsp3) is 0.222. The van der Waals surface area contributed by atoms with Crippen LogP contribution in [0.5, 0.6) is 11.5 Å². The minimum Gasteiger partial charge on any atom is -0.457 e. The summed E-state index contributed by atoms with van der Waals surface area (Å²) < 4.78 is 7.80. The van der Waals surface area contributed by atoms with Crippen LogP contribution in [0.25, 0.3) is 16.6 Å². The van der Waals surface area contributed by atoms with E-state index in [1.165, 1.54) is 0 Å². The van der Waals surface area contributed by atoms with Gasteiger partial charge in [0.25, 0.3) is 5.91 Å². The molecule has 8 nitrogen and oxygen atoms in total. The monoisotopic (exact) mass is 503 g/mol. The smallest absolute Gasteiger partial charge is 0.267 e. The van der Waals surface area contributed by atoms with Crippen molar-refractivity contribution in [3.8, 4) is 17.2 Å². The predicted octanol–water partition coefficient (Wildman–Crippen LogP) is 4.85. The van der Waals surface area contributed by atoms with Crippen molar-refractivity contribution in [1.29, 1.82) is 0 Å². The van der Waals surface area contributed by atoms with E-state index in [1.807, 2.05) is 36.4 Å². The van der Waals surface area contributed by atoms with Gasteiger partial charge in [-0.2, -0.15) is 0 Å². The van der Waals surface area contributed by atoms with Gasteiger partial charge >= 0.3 is 0 Å². The number of hydrogen-bond donors (Lipinski definition) is 2. The molecule has 0 unspecified atom stereocenters. The second-order valence-electron chi connectivity index (χ2n) is 8.92. The number of amides is 2. The zero-order chi connectivity index (χ0) is 25.2. The van der Waals surface area contributed by atoms with Crippen molar-refractivity contribution in [1.82, 2.24) is 14.5 Å². The van der Waals surface area contributed by atoms with Crippen LogP contribution in [0.2, 0.25) is 5.02 Å². The topological polar surface area (TPSA) is 102 Å². The highest BCUT2D eigenvalue weighted by Gasteiger charge is 2.24. The van der Waals surface area contributed by atoms with Crippen LogP contribution in [0.4, 0.5) is 5.82 Å². The van der Waals surface area contributed by atoms with Crippen LogP contribution in [0, 0.1) is 5.92 Å². The number of carbonyl (C=O) groups is 2. The highest BCUT2D eigenvalue weighted by Crippen LogP contribution is 2.36. The molecule has 1 aliphatic rings. The predicted molar refractivity (Wildman–Crippen MR) is 140 cm³/mol. The molecule has 5 rings (SSSR count). The molecule has 9 heteroatoms. The number of likely N-dealkylation sites (tertiary alicyclic amines) is 1. The zero-order valence-corrected chi connectivity index (χ0v) is 20.5. The van der Waals surface area contributed by atoms with Crippen LogP contribution in [0.15, 0.2) is 66.9 Å². The van der Waals surface area contributed by atoms with Crippen LogP contribution in [0.1, 0.15) is 23.3 Å². The number of fused-ring (bicyclic) bond motifs is 1. The van der Waals surface area contributed by atoms with E-state index >= 15 is 0 Å². The van der Waals surface area contributed by atoms with E-state index in [9.17, 15) is 9.59 Å². The van der Waals surface area contributed by atoms with E-state index in [1.54, 1.807) is 35.0 Å². The van der Waals surface area contributed by atoms with Crippen LogP contribution in [-0.4, -0.2) is 46.4 Å². The minimum atomic E-state index is -0.623. The molecule has 0 spiro atoms. The number of para-hydroxylation sites is 1. The SMILES string of the molecule is CN1CCC(C(=O)Nc2cc(Oc3ccc4c(c3)c(Cl)c(C(N)=O)n4-c3ccccc3)ccn2)CC1. The first-order valence-electron chi connectivity index (χ1n) is 11.7. The van der Waals surface area contributed by atoms with E-state index in [2.05, 4.69) is 22.2 Å². The van der Waals surface area contributed by atoms with Crippen molar-refractivity contribution in [3.63, 3.8) is 0 Å². The Morgan fingerprint density at radius 1 is 1.06 bits per heavy atom. The van der Waals surface area contributed by atoms with Crippen LogP contribution >= 0.6 is 11.6 Å². The third-order valence-corrected chi connectivity index (χ3v) is 6.82. The summed E-state index contributed by atoms with van der Waals surface area (Å²) in [4.78, 5) is 31.4. The Morgan fingerprint density at radius 2 is 1.78 bits per heavy atom. The normalized spacial score (nSPS) is 14.6. The van der Waals surface area contributed by atoms with Crippen LogP contribution in [0.3, 0.4) is 0 Å². The molecule has 1 fully saturated rings. The number of piperidine rings is 1. The molecular formula is C27H26ClN5O3. The summed E-state index contributed by atoms with van der Waals surface area (Å²) in [5.74, 6) is 0.789. The Morgan fingerprint density at radius 3 is 2.50 bits per heavy atom. The molecule has 184 valence electrons. The molecule has 3 heterocycles. The molecule has 0 bridgehead atoms. The molecule has 0 radical (unpaired) electrons. The van der Waals surface area contributed by atoms with Crippen LogP contribution < -0.4 is 15.8 Å². The van der Waals surface area contributed by atoms with E-state index in [0.29, 0.717) is 22.7 Å². The fourth-order valence-corrected chi connectivity index (χ4v) is 4.87. The third kappa shape index (κ3) is 4.78. The molecule has 2 amide bonds. The molecule has 0 atom stereocenters. The van der Waals surface area contributed by atoms with Crippen molar-refractivity contribution in [2.75, 3.05) is 25.5 Å². The second-order valence-corrected chi connectivity index (χ2v) is 9.30. The van der Waals surface area contributed by atoms with Crippen molar-refractivity contribution < 1.29 is 14.3 Å². The van der Waals surface area contributed by atoms with E-state index in [4.69, 9.17) is 22.1 Å². The number of carbonyl (C=O) groups excluding carboxylic acids is 2. The minimum absolute atomic E-state index is 0.0229. The third-order valence-electron chi connectivity index (χ3n) is 6.43. The quantitative estimate of drug-likeness (QED) is 0.391. The zero-order valence-electron chi connectivity index (χ0n) is 19.8. The number of nitrogens with two attached hydrogens (primary N) is 1. The average molecular weight is 504 g/mol. The average Bonchev–Trinajstić information content (AvgIpc) is 3.17. The van der Waals surface area contributed by atoms with Gasteiger partial charge in [-0.1, -0.05) is 29.8 Å². The Balaban J connectivity index is 1.40. The van der Waals surface area contributed by atoms with Gasteiger partial charge in [0.1, 0.15) is 23.0 Å². The number of primary amides is 1. The summed E-state index contributed by atoms with van der Waals surface area (Å²) in [7, 11) is 2.06. The van der Waals surface area contributed by atoms with Crippen molar-refractivity contribution >= 4 is 40.1 Å². The molecule has 3 N–H and O–H groups in total. The number of halogens is 1. The van der Waals surface area contributed by atoms with E-state index in [0.717, 1.165) is 37.1 Å². The Hall–Kier alpha value is -3.88.